The van der Waals surface area contributed by atoms with Gasteiger partial charge in [0.05, 0.1) is 19.3 Å². The van der Waals surface area contributed by atoms with Crippen molar-refractivity contribution in [1.29, 1.82) is 0 Å². The topological polar surface area (TPSA) is 71.5 Å². The van der Waals surface area contributed by atoms with Crippen molar-refractivity contribution in [2.24, 2.45) is 0 Å². The monoisotopic (exact) mass is 464 g/mol. The third-order valence-electron chi connectivity index (χ3n) is 5.30. The largest absolute Gasteiger partial charge is 0.491 e. The Balaban J connectivity index is 1.52. The second-order valence-corrected chi connectivity index (χ2v) is 7.93. The van der Waals surface area contributed by atoms with Crippen LogP contribution in [0, 0.1) is 11.6 Å². The number of aliphatic hydroxyl groups excluding tert-OH is 1. The lowest BCUT2D eigenvalue weighted by molar-refractivity contribution is -0.0546. The maximum Gasteiger partial charge on any atom is 0.254 e. The van der Waals surface area contributed by atoms with Crippen LogP contribution in [0.5, 0.6) is 5.75 Å². The summed E-state index contributed by atoms with van der Waals surface area (Å²) in [6.45, 7) is 3.08. The van der Waals surface area contributed by atoms with Crippen LogP contribution in [-0.2, 0) is 9.47 Å². The molecule has 0 aliphatic carbocycles. The lowest BCUT2D eigenvalue weighted by Gasteiger charge is -2.36. The number of nitrogens with zero attached hydrogens (tertiary/aromatic N) is 2. The quantitative estimate of drug-likeness (QED) is 0.550. The van der Waals surface area contributed by atoms with E-state index in [-0.39, 0.29) is 30.0 Å². The molecule has 1 aliphatic rings. The highest BCUT2D eigenvalue weighted by atomic mass is 19.1. The molecule has 33 heavy (non-hydrogen) atoms. The fourth-order valence-electron chi connectivity index (χ4n) is 3.66. The number of carbonyl (C=O) groups excluding carboxylic acids is 1. The maximum absolute atomic E-state index is 13.6. The van der Waals surface area contributed by atoms with Gasteiger partial charge in [0.25, 0.3) is 5.91 Å². The molecule has 7 nitrogen and oxygen atoms in total. The van der Waals surface area contributed by atoms with Crippen molar-refractivity contribution in [2.75, 3.05) is 59.7 Å². The van der Waals surface area contributed by atoms with Gasteiger partial charge in [0, 0.05) is 45.4 Å². The van der Waals surface area contributed by atoms with Crippen molar-refractivity contribution >= 4 is 5.91 Å². The summed E-state index contributed by atoms with van der Waals surface area (Å²) in [5.74, 6) is -0.623. The van der Waals surface area contributed by atoms with Gasteiger partial charge < -0.3 is 24.2 Å². The number of morpholine rings is 1. The van der Waals surface area contributed by atoms with Gasteiger partial charge in [-0.2, -0.15) is 0 Å². The lowest BCUT2D eigenvalue weighted by Crippen LogP contribution is -2.51. The molecule has 2 aromatic rings. The highest BCUT2D eigenvalue weighted by Gasteiger charge is 2.27. The summed E-state index contributed by atoms with van der Waals surface area (Å²) in [6.07, 6.45) is -1.01. The highest BCUT2D eigenvalue weighted by molar-refractivity contribution is 5.94. The summed E-state index contributed by atoms with van der Waals surface area (Å²) >= 11 is 0. The van der Waals surface area contributed by atoms with E-state index in [0.717, 1.165) is 0 Å². The van der Waals surface area contributed by atoms with E-state index in [1.807, 2.05) is 4.90 Å². The predicted octanol–water partition coefficient (Wildman–Crippen LogP) is 2.19. The molecular weight excluding hydrogens is 434 g/mol. The average Bonchev–Trinajstić information content (AvgIpc) is 2.81. The number of aliphatic hydroxyl groups is 1. The maximum atomic E-state index is 13.6. The van der Waals surface area contributed by atoms with Gasteiger partial charge in [0.2, 0.25) is 0 Å². The van der Waals surface area contributed by atoms with Gasteiger partial charge in [-0.05, 0) is 42.5 Å². The Morgan fingerprint density at radius 2 is 2.03 bits per heavy atom. The van der Waals surface area contributed by atoms with Gasteiger partial charge >= 0.3 is 0 Å². The van der Waals surface area contributed by atoms with Gasteiger partial charge in [-0.3, -0.25) is 9.69 Å². The Morgan fingerprint density at radius 3 is 2.76 bits per heavy atom. The Labute approximate surface area is 192 Å². The van der Waals surface area contributed by atoms with Crippen LogP contribution in [0.3, 0.4) is 0 Å². The Morgan fingerprint density at radius 1 is 1.24 bits per heavy atom. The summed E-state index contributed by atoms with van der Waals surface area (Å²) < 4.78 is 43.1. The second-order valence-electron chi connectivity index (χ2n) is 7.93. The van der Waals surface area contributed by atoms with Crippen molar-refractivity contribution in [3.05, 3.63) is 65.7 Å². The first-order chi connectivity index (χ1) is 15.9. The zero-order valence-electron chi connectivity index (χ0n) is 18.7. The third-order valence-corrected chi connectivity index (χ3v) is 5.30. The Bertz CT molecular complexity index is 883. The van der Waals surface area contributed by atoms with E-state index in [0.29, 0.717) is 51.7 Å². The number of halogens is 2. The first-order valence-corrected chi connectivity index (χ1v) is 10.9. The Kier molecular flexibility index (Phi) is 9.56. The van der Waals surface area contributed by atoms with E-state index in [1.165, 1.54) is 42.5 Å². The van der Waals surface area contributed by atoms with Crippen LogP contribution in [0.2, 0.25) is 0 Å². The molecule has 0 spiro atoms. The summed E-state index contributed by atoms with van der Waals surface area (Å²) in [6, 6.07) is 11.2. The van der Waals surface area contributed by atoms with E-state index in [4.69, 9.17) is 14.2 Å². The molecule has 0 aromatic heterocycles. The SMILES string of the molecule is COCCN(CC1CN(CC(O)COc2ccc(F)cc2)CCO1)C(=O)c1cccc(F)c1. The van der Waals surface area contributed by atoms with Crippen LogP contribution in [0.25, 0.3) is 0 Å². The molecule has 3 rings (SSSR count). The molecule has 1 fully saturated rings. The molecule has 2 unspecified atom stereocenters. The van der Waals surface area contributed by atoms with Crippen molar-refractivity contribution in [2.45, 2.75) is 12.2 Å². The minimum Gasteiger partial charge on any atom is -0.491 e. The van der Waals surface area contributed by atoms with E-state index in [9.17, 15) is 18.7 Å². The van der Waals surface area contributed by atoms with Crippen LogP contribution in [0.15, 0.2) is 48.5 Å². The molecule has 9 heteroatoms. The molecule has 1 amide bonds. The van der Waals surface area contributed by atoms with Crippen molar-refractivity contribution in [3.8, 4) is 5.75 Å². The smallest absolute Gasteiger partial charge is 0.254 e. The normalized spacial score (nSPS) is 17.5. The molecule has 180 valence electrons. The fraction of sp³-hybridized carbons (Fsp3) is 0.458. The van der Waals surface area contributed by atoms with Gasteiger partial charge in [-0.25, -0.2) is 8.78 Å². The molecule has 0 radical (unpaired) electrons. The number of benzene rings is 2. The molecule has 0 bridgehead atoms. The summed E-state index contributed by atoms with van der Waals surface area (Å²) in [5, 5.41) is 10.4. The molecule has 0 saturated carbocycles. The zero-order chi connectivity index (χ0) is 23.6. The van der Waals surface area contributed by atoms with Gasteiger partial charge in [0.1, 0.15) is 30.1 Å². The van der Waals surface area contributed by atoms with Gasteiger partial charge in [-0.1, -0.05) is 6.07 Å². The van der Waals surface area contributed by atoms with Crippen molar-refractivity contribution < 1.29 is 32.9 Å². The van der Waals surface area contributed by atoms with E-state index >= 15 is 0 Å². The lowest BCUT2D eigenvalue weighted by atomic mass is 10.1. The summed E-state index contributed by atoms with van der Waals surface area (Å²) in [7, 11) is 1.55. The fourth-order valence-corrected chi connectivity index (χ4v) is 3.66. The van der Waals surface area contributed by atoms with Gasteiger partial charge in [-0.15, -0.1) is 0 Å². The molecule has 1 aliphatic heterocycles. The minimum atomic E-state index is -0.743. The molecule has 1 heterocycles. The Hall–Kier alpha value is -2.59. The van der Waals surface area contributed by atoms with E-state index in [1.54, 1.807) is 18.1 Å². The second kappa shape index (κ2) is 12.6. The number of hydrogen-bond donors (Lipinski definition) is 1. The van der Waals surface area contributed by atoms with Crippen LogP contribution in [0.4, 0.5) is 8.78 Å². The summed E-state index contributed by atoms with van der Waals surface area (Å²) in [4.78, 5) is 16.6. The van der Waals surface area contributed by atoms with Crippen molar-refractivity contribution in [1.82, 2.24) is 9.80 Å². The molecular formula is C24H30F2N2O5. The number of methoxy groups -OCH3 is 1. The van der Waals surface area contributed by atoms with E-state index in [2.05, 4.69) is 0 Å². The molecule has 2 aromatic carbocycles. The van der Waals surface area contributed by atoms with Gasteiger partial charge in [0.15, 0.2) is 0 Å². The van der Waals surface area contributed by atoms with Crippen molar-refractivity contribution in [3.63, 3.8) is 0 Å². The van der Waals surface area contributed by atoms with Crippen LogP contribution >= 0.6 is 0 Å². The molecule has 1 saturated heterocycles. The zero-order valence-corrected chi connectivity index (χ0v) is 18.7. The summed E-state index contributed by atoms with van der Waals surface area (Å²) in [5.41, 5.74) is 0.270. The number of rotatable bonds is 11. The number of amides is 1. The van der Waals surface area contributed by atoms with Crippen LogP contribution in [-0.4, -0.2) is 92.7 Å². The average molecular weight is 465 g/mol. The molecule has 1 N–H and O–H groups in total. The first kappa shape index (κ1) is 25.0. The standard InChI is InChI=1S/C24H30F2N2O5/c1-31-11-10-28(24(30)18-3-2-4-20(26)13-18)16-23-15-27(9-12-32-23)14-21(29)17-33-22-7-5-19(25)6-8-22/h2-8,13,21,23,29H,9-12,14-17H2,1H3. The highest BCUT2D eigenvalue weighted by Crippen LogP contribution is 2.14. The minimum absolute atomic E-state index is 0.0751. The van der Waals surface area contributed by atoms with E-state index < -0.39 is 11.9 Å². The number of ether oxygens (including phenoxy) is 3. The third kappa shape index (κ3) is 8.04. The van der Waals surface area contributed by atoms with Crippen LogP contribution in [0.1, 0.15) is 10.4 Å². The number of β-amino-alcohol motifs (C(OH)–C–C–N with tert-alkyl or cyclic N) is 1. The van der Waals surface area contributed by atoms with Crippen LogP contribution < -0.4 is 4.74 Å². The first-order valence-electron chi connectivity index (χ1n) is 10.9. The molecule has 2 atom stereocenters. The number of hydrogen-bond acceptors (Lipinski definition) is 6. The number of carbonyl (C=O) groups is 1. The predicted molar refractivity (Wildman–Crippen MR) is 118 cm³/mol.